The summed E-state index contributed by atoms with van der Waals surface area (Å²) in [4.78, 5) is 0.338. The first kappa shape index (κ1) is 13.5. The minimum Gasteiger partial charge on any atom is -0.315 e. The van der Waals surface area contributed by atoms with Crippen LogP contribution in [0.2, 0.25) is 0 Å². The molecule has 2 atom stereocenters. The van der Waals surface area contributed by atoms with Crippen LogP contribution in [0.5, 0.6) is 0 Å². The van der Waals surface area contributed by atoms with E-state index in [-0.39, 0.29) is 12.1 Å². The van der Waals surface area contributed by atoms with Crippen LogP contribution in [-0.4, -0.2) is 27.5 Å². The van der Waals surface area contributed by atoms with E-state index in [0.29, 0.717) is 4.90 Å². The zero-order chi connectivity index (χ0) is 13.0. The van der Waals surface area contributed by atoms with Crippen molar-refractivity contribution < 1.29 is 8.42 Å². The molecular formula is C13H20N2O2S. The normalized spacial score (nSPS) is 24.9. The molecule has 1 fully saturated rings. The summed E-state index contributed by atoms with van der Waals surface area (Å²) in [5.41, 5.74) is 0. The summed E-state index contributed by atoms with van der Waals surface area (Å²) in [6.45, 7) is 0. The molecule has 4 nitrogen and oxygen atoms in total. The van der Waals surface area contributed by atoms with E-state index >= 15 is 0 Å². The van der Waals surface area contributed by atoms with Gasteiger partial charge in [-0.25, -0.2) is 13.1 Å². The van der Waals surface area contributed by atoms with Gasteiger partial charge in [-0.2, -0.15) is 0 Å². The number of likely N-dealkylation sites (N-methyl/N-ethyl adjacent to an activating group) is 1. The van der Waals surface area contributed by atoms with E-state index in [1.54, 1.807) is 24.3 Å². The summed E-state index contributed by atoms with van der Waals surface area (Å²) in [6, 6.07) is 8.77. The molecule has 2 unspecified atom stereocenters. The zero-order valence-electron chi connectivity index (χ0n) is 10.6. The Hall–Kier alpha value is -0.910. The monoisotopic (exact) mass is 268 g/mol. The predicted molar refractivity (Wildman–Crippen MR) is 71.9 cm³/mol. The third kappa shape index (κ3) is 3.10. The molecular weight excluding hydrogens is 248 g/mol. The third-order valence-electron chi connectivity index (χ3n) is 3.50. The maximum atomic E-state index is 12.2. The smallest absolute Gasteiger partial charge is 0.240 e. The number of nitrogens with one attached hydrogen (secondary N) is 2. The quantitative estimate of drug-likeness (QED) is 0.870. The molecule has 100 valence electrons. The van der Waals surface area contributed by atoms with Gasteiger partial charge in [0.25, 0.3) is 0 Å². The van der Waals surface area contributed by atoms with E-state index in [1.807, 2.05) is 13.1 Å². The summed E-state index contributed by atoms with van der Waals surface area (Å²) < 4.78 is 27.3. The molecule has 0 amide bonds. The fourth-order valence-electron chi connectivity index (χ4n) is 2.48. The Bertz CT molecular complexity index is 473. The molecule has 0 bridgehead atoms. The summed E-state index contributed by atoms with van der Waals surface area (Å²) in [6.07, 6.45) is 4.17. The van der Waals surface area contributed by atoms with Crippen LogP contribution in [0.4, 0.5) is 0 Å². The van der Waals surface area contributed by atoms with Crippen molar-refractivity contribution in [3.05, 3.63) is 30.3 Å². The van der Waals surface area contributed by atoms with Crippen molar-refractivity contribution in [3.63, 3.8) is 0 Å². The van der Waals surface area contributed by atoms with Gasteiger partial charge < -0.3 is 5.32 Å². The van der Waals surface area contributed by atoms with Crippen molar-refractivity contribution in [2.45, 2.75) is 42.7 Å². The van der Waals surface area contributed by atoms with Gasteiger partial charge in [0, 0.05) is 12.1 Å². The summed E-state index contributed by atoms with van der Waals surface area (Å²) in [5.74, 6) is 0. The molecule has 18 heavy (non-hydrogen) atoms. The Kier molecular flexibility index (Phi) is 4.37. The summed E-state index contributed by atoms with van der Waals surface area (Å²) >= 11 is 0. The van der Waals surface area contributed by atoms with Crippen molar-refractivity contribution in [1.82, 2.24) is 10.0 Å². The number of sulfonamides is 1. The molecule has 0 radical (unpaired) electrons. The Balaban J connectivity index is 2.12. The van der Waals surface area contributed by atoms with Crippen LogP contribution >= 0.6 is 0 Å². The lowest BCUT2D eigenvalue weighted by atomic mass is 9.91. The molecule has 0 heterocycles. The Labute approximate surface area is 109 Å². The van der Waals surface area contributed by atoms with Gasteiger partial charge in [0.1, 0.15) is 0 Å². The molecule has 1 saturated carbocycles. The maximum Gasteiger partial charge on any atom is 0.240 e. The largest absolute Gasteiger partial charge is 0.315 e. The molecule has 2 N–H and O–H groups in total. The highest BCUT2D eigenvalue weighted by Gasteiger charge is 2.28. The van der Waals surface area contributed by atoms with E-state index in [1.165, 1.54) is 0 Å². The molecule has 0 aliphatic heterocycles. The minimum atomic E-state index is -3.39. The van der Waals surface area contributed by atoms with Crippen LogP contribution in [0.3, 0.4) is 0 Å². The lowest BCUT2D eigenvalue weighted by Gasteiger charge is -2.31. The SMILES string of the molecule is CNC1CCCCC1NS(=O)(=O)c1ccccc1. The number of hydrogen-bond donors (Lipinski definition) is 2. The first-order chi connectivity index (χ1) is 8.63. The van der Waals surface area contributed by atoms with E-state index in [4.69, 9.17) is 0 Å². The first-order valence-corrected chi connectivity index (χ1v) is 7.86. The molecule has 0 saturated heterocycles. The molecule has 0 spiro atoms. The molecule has 1 aliphatic rings. The van der Waals surface area contributed by atoms with Crippen LogP contribution in [0.1, 0.15) is 25.7 Å². The molecule has 0 aromatic heterocycles. The van der Waals surface area contributed by atoms with E-state index < -0.39 is 10.0 Å². The Morgan fingerprint density at radius 2 is 1.67 bits per heavy atom. The van der Waals surface area contributed by atoms with Crippen LogP contribution in [0.25, 0.3) is 0 Å². The highest BCUT2D eigenvalue weighted by molar-refractivity contribution is 7.89. The second kappa shape index (κ2) is 5.82. The Morgan fingerprint density at radius 1 is 1.06 bits per heavy atom. The van der Waals surface area contributed by atoms with Crippen molar-refractivity contribution in [2.24, 2.45) is 0 Å². The Morgan fingerprint density at radius 3 is 2.28 bits per heavy atom. The van der Waals surface area contributed by atoms with E-state index in [9.17, 15) is 8.42 Å². The maximum absolute atomic E-state index is 12.2. The third-order valence-corrected chi connectivity index (χ3v) is 5.00. The minimum absolute atomic E-state index is 0.00560. The van der Waals surface area contributed by atoms with E-state index in [2.05, 4.69) is 10.0 Å². The van der Waals surface area contributed by atoms with Gasteiger partial charge in [-0.05, 0) is 32.0 Å². The highest BCUT2D eigenvalue weighted by Crippen LogP contribution is 2.20. The van der Waals surface area contributed by atoms with Gasteiger partial charge >= 0.3 is 0 Å². The van der Waals surface area contributed by atoms with Gasteiger partial charge in [-0.1, -0.05) is 31.0 Å². The molecule has 1 aromatic rings. The fourth-order valence-corrected chi connectivity index (χ4v) is 3.82. The van der Waals surface area contributed by atoms with Crippen molar-refractivity contribution in [2.75, 3.05) is 7.05 Å². The van der Waals surface area contributed by atoms with E-state index in [0.717, 1.165) is 25.7 Å². The highest BCUT2D eigenvalue weighted by atomic mass is 32.2. The standard InChI is InChI=1S/C13H20N2O2S/c1-14-12-9-5-6-10-13(12)15-18(16,17)11-7-3-2-4-8-11/h2-4,7-8,12-15H,5-6,9-10H2,1H3. The van der Waals surface area contributed by atoms with Gasteiger partial charge in [-0.15, -0.1) is 0 Å². The number of benzene rings is 1. The van der Waals surface area contributed by atoms with Gasteiger partial charge in [-0.3, -0.25) is 0 Å². The summed E-state index contributed by atoms with van der Waals surface area (Å²) in [5, 5.41) is 3.20. The van der Waals surface area contributed by atoms with Gasteiger partial charge in [0.15, 0.2) is 0 Å². The average molecular weight is 268 g/mol. The lowest BCUT2D eigenvalue weighted by molar-refractivity contribution is 0.324. The second-order valence-electron chi connectivity index (χ2n) is 4.72. The molecule has 2 rings (SSSR count). The van der Waals surface area contributed by atoms with Crippen molar-refractivity contribution >= 4 is 10.0 Å². The fraction of sp³-hybridized carbons (Fsp3) is 0.538. The first-order valence-electron chi connectivity index (χ1n) is 6.38. The lowest BCUT2D eigenvalue weighted by Crippen LogP contribution is -2.50. The predicted octanol–water partition coefficient (Wildman–Crippen LogP) is 1.50. The zero-order valence-corrected chi connectivity index (χ0v) is 11.4. The number of rotatable bonds is 4. The van der Waals surface area contributed by atoms with Crippen LogP contribution in [-0.2, 0) is 10.0 Å². The van der Waals surface area contributed by atoms with Gasteiger partial charge in [0.2, 0.25) is 10.0 Å². The van der Waals surface area contributed by atoms with Crippen LogP contribution < -0.4 is 10.0 Å². The number of hydrogen-bond acceptors (Lipinski definition) is 3. The molecule has 5 heteroatoms. The van der Waals surface area contributed by atoms with Gasteiger partial charge in [0.05, 0.1) is 4.90 Å². The second-order valence-corrected chi connectivity index (χ2v) is 6.43. The van der Waals surface area contributed by atoms with Crippen molar-refractivity contribution in [1.29, 1.82) is 0 Å². The molecule has 1 aromatic carbocycles. The van der Waals surface area contributed by atoms with Crippen molar-refractivity contribution in [3.8, 4) is 0 Å². The van der Waals surface area contributed by atoms with Crippen LogP contribution in [0, 0.1) is 0 Å². The average Bonchev–Trinajstić information content (AvgIpc) is 2.40. The topological polar surface area (TPSA) is 58.2 Å². The van der Waals surface area contributed by atoms with Crippen LogP contribution in [0.15, 0.2) is 35.2 Å². The summed E-state index contributed by atoms with van der Waals surface area (Å²) in [7, 11) is -1.50. The molecule has 1 aliphatic carbocycles.